The summed E-state index contributed by atoms with van der Waals surface area (Å²) < 4.78 is 11.3. The van der Waals surface area contributed by atoms with Crippen LogP contribution in [0.2, 0.25) is 0 Å². The van der Waals surface area contributed by atoms with Crippen LogP contribution in [0.5, 0.6) is 0 Å². The number of aliphatic hydroxyl groups excluding tert-OH is 1. The number of aliphatic hydroxyl groups is 1. The van der Waals surface area contributed by atoms with Crippen molar-refractivity contribution in [2.75, 3.05) is 32.8 Å². The van der Waals surface area contributed by atoms with Crippen LogP contribution in [-0.4, -0.2) is 61.2 Å². The van der Waals surface area contributed by atoms with Crippen molar-refractivity contribution in [2.24, 2.45) is 0 Å². The Labute approximate surface area is 118 Å². The second-order valence-electron chi connectivity index (χ2n) is 5.12. The maximum Gasteiger partial charge on any atom is 0.0628 e. The molecular formula is C15H31NO3. The number of nitrogens with zero attached hydrogens (tertiary/aromatic N) is 1. The third-order valence-corrected chi connectivity index (χ3v) is 3.75. The molecule has 1 heterocycles. The summed E-state index contributed by atoms with van der Waals surface area (Å²) in [5.41, 5.74) is 0. The van der Waals surface area contributed by atoms with Gasteiger partial charge in [-0.05, 0) is 32.6 Å². The van der Waals surface area contributed by atoms with E-state index in [1.807, 2.05) is 20.8 Å². The minimum atomic E-state index is -0.105. The van der Waals surface area contributed by atoms with Gasteiger partial charge in [0.15, 0.2) is 0 Å². The lowest BCUT2D eigenvalue weighted by molar-refractivity contribution is -0.117. The molecule has 4 nitrogen and oxygen atoms in total. The molecule has 1 aliphatic carbocycles. The van der Waals surface area contributed by atoms with E-state index in [-0.39, 0.29) is 6.10 Å². The molecule has 2 rings (SSSR count). The van der Waals surface area contributed by atoms with Crippen molar-refractivity contribution in [1.29, 1.82) is 0 Å². The van der Waals surface area contributed by atoms with Gasteiger partial charge in [-0.2, -0.15) is 0 Å². The average Bonchev–Trinajstić information content (AvgIpc) is 2.41. The zero-order chi connectivity index (χ0) is 14.1. The van der Waals surface area contributed by atoms with Crippen LogP contribution in [0, 0.1) is 0 Å². The Bertz CT molecular complexity index is 211. The third kappa shape index (κ3) is 6.21. The summed E-state index contributed by atoms with van der Waals surface area (Å²) in [6.45, 7) is 11.0. The third-order valence-electron chi connectivity index (χ3n) is 3.75. The molecule has 0 spiro atoms. The van der Waals surface area contributed by atoms with Crippen LogP contribution in [-0.2, 0) is 9.47 Å². The molecule has 1 N–H and O–H groups in total. The summed E-state index contributed by atoms with van der Waals surface area (Å²) in [4.78, 5) is 2.45. The minimum absolute atomic E-state index is 0.105. The predicted octanol–water partition coefficient (Wildman–Crippen LogP) is 2.05. The van der Waals surface area contributed by atoms with E-state index in [4.69, 9.17) is 9.47 Å². The van der Waals surface area contributed by atoms with E-state index in [1.54, 1.807) is 0 Å². The van der Waals surface area contributed by atoms with Crippen molar-refractivity contribution in [3.8, 4) is 0 Å². The summed E-state index contributed by atoms with van der Waals surface area (Å²) in [6, 6.07) is 0. The molecule has 0 aromatic heterocycles. The van der Waals surface area contributed by atoms with Crippen molar-refractivity contribution >= 4 is 0 Å². The quantitative estimate of drug-likeness (QED) is 0.752. The van der Waals surface area contributed by atoms with Crippen molar-refractivity contribution in [1.82, 2.24) is 4.90 Å². The highest BCUT2D eigenvalue weighted by Gasteiger charge is 2.31. The van der Waals surface area contributed by atoms with Gasteiger partial charge in [0.25, 0.3) is 0 Å². The number of hydrogen-bond donors (Lipinski definition) is 1. The normalized spacial score (nSPS) is 28.4. The Morgan fingerprint density at radius 1 is 1.11 bits per heavy atom. The molecule has 0 unspecified atom stereocenters. The fourth-order valence-electron chi connectivity index (χ4n) is 2.53. The number of rotatable bonds is 6. The molecule has 0 atom stereocenters. The standard InChI is InChI=1S/C13H25NO3.C2H6/c1-2-16-8-7-14-5-3-12(4-6-14)17-13-9-11(15)10-13;1-2/h11-13,15H,2-10H2,1H3;1-2H3. The first kappa shape index (κ1) is 16.9. The van der Waals surface area contributed by atoms with Gasteiger partial charge in [0.1, 0.15) is 0 Å². The Kier molecular flexibility index (Phi) is 8.62. The van der Waals surface area contributed by atoms with Crippen LogP contribution in [0.1, 0.15) is 46.5 Å². The van der Waals surface area contributed by atoms with Crippen molar-refractivity contribution < 1.29 is 14.6 Å². The second-order valence-corrected chi connectivity index (χ2v) is 5.12. The van der Waals surface area contributed by atoms with Crippen LogP contribution >= 0.6 is 0 Å². The van der Waals surface area contributed by atoms with Gasteiger partial charge >= 0.3 is 0 Å². The first-order valence-corrected chi connectivity index (χ1v) is 7.91. The van der Waals surface area contributed by atoms with Crippen LogP contribution < -0.4 is 0 Å². The van der Waals surface area contributed by atoms with E-state index in [0.717, 1.165) is 58.5 Å². The van der Waals surface area contributed by atoms with Gasteiger partial charge in [-0.1, -0.05) is 13.8 Å². The Morgan fingerprint density at radius 2 is 1.74 bits per heavy atom. The first-order valence-electron chi connectivity index (χ1n) is 7.91. The van der Waals surface area contributed by atoms with E-state index in [0.29, 0.717) is 12.2 Å². The van der Waals surface area contributed by atoms with E-state index < -0.39 is 0 Å². The van der Waals surface area contributed by atoms with Gasteiger partial charge in [0.2, 0.25) is 0 Å². The molecule has 1 saturated heterocycles. The number of hydrogen-bond acceptors (Lipinski definition) is 4. The highest BCUT2D eigenvalue weighted by atomic mass is 16.5. The highest BCUT2D eigenvalue weighted by molar-refractivity contribution is 4.82. The van der Waals surface area contributed by atoms with Gasteiger partial charge in [0, 0.05) is 26.2 Å². The lowest BCUT2D eigenvalue weighted by Gasteiger charge is -2.38. The van der Waals surface area contributed by atoms with Crippen molar-refractivity contribution in [2.45, 2.75) is 64.8 Å². The number of ether oxygens (including phenoxy) is 2. The van der Waals surface area contributed by atoms with Gasteiger partial charge in [-0.25, -0.2) is 0 Å². The van der Waals surface area contributed by atoms with Gasteiger partial charge < -0.3 is 19.5 Å². The van der Waals surface area contributed by atoms with Crippen molar-refractivity contribution in [3.05, 3.63) is 0 Å². The van der Waals surface area contributed by atoms with E-state index in [2.05, 4.69) is 4.90 Å². The molecule has 114 valence electrons. The van der Waals surface area contributed by atoms with E-state index in [9.17, 15) is 5.11 Å². The largest absolute Gasteiger partial charge is 0.393 e. The fraction of sp³-hybridized carbons (Fsp3) is 1.00. The summed E-state index contributed by atoms with van der Waals surface area (Å²) in [7, 11) is 0. The SMILES string of the molecule is CC.CCOCCN1CCC(OC2CC(O)C2)CC1. The highest BCUT2D eigenvalue weighted by Crippen LogP contribution is 2.26. The zero-order valence-corrected chi connectivity index (χ0v) is 12.8. The minimum Gasteiger partial charge on any atom is -0.393 e. The van der Waals surface area contributed by atoms with Crippen LogP contribution in [0.25, 0.3) is 0 Å². The summed E-state index contributed by atoms with van der Waals surface area (Å²) in [6.07, 6.45) is 4.55. The molecule has 0 radical (unpaired) electrons. The summed E-state index contributed by atoms with van der Waals surface area (Å²) in [5.74, 6) is 0. The van der Waals surface area contributed by atoms with Crippen LogP contribution in [0.4, 0.5) is 0 Å². The first-order chi connectivity index (χ1) is 9.28. The van der Waals surface area contributed by atoms with E-state index >= 15 is 0 Å². The molecule has 0 aromatic carbocycles. The number of piperidine rings is 1. The second kappa shape index (κ2) is 9.70. The smallest absolute Gasteiger partial charge is 0.0628 e. The molecule has 19 heavy (non-hydrogen) atoms. The molecule has 2 aliphatic rings. The van der Waals surface area contributed by atoms with E-state index in [1.165, 1.54) is 0 Å². The lowest BCUT2D eigenvalue weighted by Crippen LogP contribution is -2.43. The molecule has 2 fully saturated rings. The summed E-state index contributed by atoms with van der Waals surface area (Å²) in [5, 5.41) is 9.21. The van der Waals surface area contributed by atoms with Crippen LogP contribution in [0.15, 0.2) is 0 Å². The number of likely N-dealkylation sites (tertiary alicyclic amines) is 1. The zero-order valence-electron chi connectivity index (χ0n) is 12.8. The van der Waals surface area contributed by atoms with Crippen LogP contribution in [0.3, 0.4) is 0 Å². The fourth-order valence-corrected chi connectivity index (χ4v) is 2.53. The Hall–Kier alpha value is -0.160. The van der Waals surface area contributed by atoms with Crippen molar-refractivity contribution in [3.63, 3.8) is 0 Å². The molecular weight excluding hydrogens is 242 g/mol. The van der Waals surface area contributed by atoms with Gasteiger partial charge in [-0.3, -0.25) is 0 Å². The molecule has 0 aromatic rings. The molecule has 1 saturated carbocycles. The monoisotopic (exact) mass is 273 g/mol. The topological polar surface area (TPSA) is 41.9 Å². The molecule has 0 amide bonds. The summed E-state index contributed by atoms with van der Waals surface area (Å²) >= 11 is 0. The molecule has 0 bridgehead atoms. The molecule has 1 aliphatic heterocycles. The van der Waals surface area contributed by atoms with Gasteiger partial charge in [0.05, 0.1) is 24.9 Å². The average molecular weight is 273 g/mol. The Balaban J connectivity index is 0.000000861. The maximum absolute atomic E-state index is 9.21. The maximum atomic E-state index is 9.21. The predicted molar refractivity (Wildman–Crippen MR) is 77.4 cm³/mol. The molecule has 4 heteroatoms. The lowest BCUT2D eigenvalue weighted by atomic mass is 9.92. The van der Waals surface area contributed by atoms with Gasteiger partial charge in [-0.15, -0.1) is 0 Å². The Morgan fingerprint density at radius 3 is 2.26 bits per heavy atom.